The second-order valence-corrected chi connectivity index (χ2v) is 4.08. The van der Waals surface area contributed by atoms with Crippen LogP contribution in [0.3, 0.4) is 0 Å². The second-order valence-electron chi connectivity index (χ2n) is 4.08. The largest absolute Gasteiger partial charge is 0.237 e. The smallest absolute Gasteiger partial charge is 0.153 e. The Morgan fingerprint density at radius 2 is 2.20 bits per heavy atom. The number of hydrogen-bond donors (Lipinski definition) is 0. The maximum Gasteiger partial charge on any atom is 0.153 e. The number of rotatable bonds is 3. The van der Waals surface area contributed by atoms with E-state index in [1.165, 1.54) is 5.56 Å². The fourth-order valence-corrected chi connectivity index (χ4v) is 1.55. The van der Waals surface area contributed by atoms with Gasteiger partial charge >= 0.3 is 0 Å². The summed E-state index contributed by atoms with van der Waals surface area (Å²) in [6.07, 6.45) is 6.79. The van der Waals surface area contributed by atoms with Crippen LogP contribution >= 0.6 is 0 Å². The summed E-state index contributed by atoms with van der Waals surface area (Å²) in [5.41, 5.74) is 1.26. The molecule has 0 aliphatic carbocycles. The highest BCUT2D eigenvalue weighted by molar-refractivity contribution is 5.22. The van der Waals surface area contributed by atoms with Crippen molar-refractivity contribution in [1.82, 2.24) is 14.8 Å². The quantitative estimate of drug-likeness (QED) is 0.763. The van der Waals surface area contributed by atoms with Crippen molar-refractivity contribution in [2.24, 2.45) is 5.92 Å². The van der Waals surface area contributed by atoms with Crippen LogP contribution in [0.1, 0.15) is 19.4 Å². The predicted octanol–water partition coefficient (Wildman–Crippen LogP) is 2.47. The molecule has 0 saturated heterocycles. The minimum Gasteiger partial charge on any atom is -0.237 e. The first-order valence-electron chi connectivity index (χ1n) is 5.20. The highest BCUT2D eigenvalue weighted by Gasteiger charge is 2.02. The summed E-state index contributed by atoms with van der Waals surface area (Å²) in [4.78, 5) is 4.24. The molecule has 0 fully saturated rings. The zero-order valence-corrected chi connectivity index (χ0v) is 9.09. The van der Waals surface area contributed by atoms with Crippen LogP contribution in [0.4, 0.5) is 0 Å². The third kappa shape index (κ3) is 2.43. The van der Waals surface area contributed by atoms with Crippen molar-refractivity contribution in [3.8, 4) is 5.82 Å². The van der Waals surface area contributed by atoms with Gasteiger partial charge in [0.15, 0.2) is 5.82 Å². The van der Waals surface area contributed by atoms with Crippen molar-refractivity contribution in [3.05, 3.63) is 42.4 Å². The van der Waals surface area contributed by atoms with E-state index in [0.29, 0.717) is 5.92 Å². The molecule has 0 atom stereocenters. The minimum absolute atomic E-state index is 0.659. The van der Waals surface area contributed by atoms with Gasteiger partial charge in [0, 0.05) is 12.4 Å². The Labute approximate surface area is 89.8 Å². The van der Waals surface area contributed by atoms with Gasteiger partial charge in [0.2, 0.25) is 0 Å². The molecule has 15 heavy (non-hydrogen) atoms. The Morgan fingerprint density at radius 1 is 1.33 bits per heavy atom. The first-order valence-corrected chi connectivity index (χ1v) is 5.20. The molecule has 0 N–H and O–H groups in total. The minimum atomic E-state index is 0.659. The Hall–Kier alpha value is -1.64. The summed E-state index contributed by atoms with van der Waals surface area (Å²) in [7, 11) is 0. The van der Waals surface area contributed by atoms with Crippen LogP contribution in [0.15, 0.2) is 36.8 Å². The van der Waals surface area contributed by atoms with E-state index in [2.05, 4.69) is 23.9 Å². The second kappa shape index (κ2) is 4.26. The van der Waals surface area contributed by atoms with Crippen LogP contribution in [0.25, 0.3) is 5.82 Å². The summed E-state index contributed by atoms with van der Waals surface area (Å²) in [6.45, 7) is 4.41. The molecule has 0 amide bonds. The summed E-state index contributed by atoms with van der Waals surface area (Å²) >= 11 is 0. The summed E-state index contributed by atoms with van der Waals surface area (Å²) in [5.74, 6) is 1.53. The van der Waals surface area contributed by atoms with Gasteiger partial charge in [-0.3, -0.25) is 0 Å². The lowest BCUT2D eigenvalue weighted by atomic mass is 10.1. The van der Waals surface area contributed by atoms with Crippen molar-refractivity contribution in [2.45, 2.75) is 20.3 Å². The van der Waals surface area contributed by atoms with E-state index >= 15 is 0 Å². The Morgan fingerprint density at radius 3 is 2.87 bits per heavy atom. The van der Waals surface area contributed by atoms with E-state index in [-0.39, 0.29) is 0 Å². The van der Waals surface area contributed by atoms with Gasteiger partial charge in [0.1, 0.15) is 0 Å². The molecule has 0 spiro atoms. The lowest BCUT2D eigenvalue weighted by Crippen LogP contribution is -1.96. The topological polar surface area (TPSA) is 30.7 Å². The third-order valence-electron chi connectivity index (χ3n) is 2.16. The molecule has 0 radical (unpaired) electrons. The maximum atomic E-state index is 4.29. The van der Waals surface area contributed by atoms with Crippen LogP contribution in [0.5, 0.6) is 0 Å². The van der Waals surface area contributed by atoms with Crippen LogP contribution in [-0.2, 0) is 6.42 Å². The molecule has 3 heteroatoms. The van der Waals surface area contributed by atoms with Gasteiger partial charge in [-0.1, -0.05) is 19.9 Å². The van der Waals surface area contributed by atoms with Gasteiger partial charge in [0.25, 0.3) is 0 Å². The molecule has 0 unspecified atom stereocenters. The molecule has 2 heterocycles. The molecule has 3 nitrogen and oxygen atoms in total. The van der Waals surface area contributed by atoms with Gasteiger partial charge in [-0.05, 0) is 30.0 Å². The van der Waals surface area contributed by atoms with Gasteiger partial charge in [-0.2, -0.15) is 5.10 Å². The lowest BCUT2D eigenvalue weighted by molar-refractivity contribution is 0.647. The molecule has 78 valence electrons. The molecule has 2 rings (SSSR count). The Kier molecular flexibility index (Phi) is 2.81. The zero-order chi connectivity index (χ0) is 10.7. The van der Waals surface area contributed by atoms with Gasteiger partial charge in [-0.25, -0.2) is 9.67 Å². The molecular weight excluding hydrogens is 186 g/mol. The molecule has 0 bridgehead atoms. The molecule has 0 aromatic carbocycles. The molecule has 0 saturated carbocycles. The Balaban J connectivity index is 2.21. The van der Waals surface area contributed by atoms with Crippen molar-refractivity contribution in [2.75, 3.05) is 0 Å². The SMILES string of the molecule is CC(C)Cc1cnn(-c2ccccn2)c1. The van der Waals surface area contributed by atoms with Gasteiger partial charge in [-0.15, -0.1) is 0 Å². The molecule has 0 aliphatic rings. The number of nitrogens with zero attached hydrogens (tertiary/aromatic N) is 3. The zero-order valence-electron chi connectivity index (χ0n) is 9.09. The standard InChI is InChI=1S/C12H15N3/c1-10(2)7-11-8-14-15(9-11)12-5-3-4-6-13-12/h3-6,8-10H,7H2,1-2H3. The molecular formula is C12H15N3. The number of aromatic nitrogens is 3. The normalized spacial score (nSPS) is 10.9. The van der Waals surface area contributed by atoms with E-state index in [0.717, 1.165) is 12.2 Å². The van der Waals surface area contributed by atoms with Gasteiger partial charge < -0.3 is 0 Å². The van der Waals surface area contributed by atoms with Crippen molar-refractivity contribution in [3.63, 3.8) is 0 Å². The van der Waals surface area contributed by atoms with Crippen LogP contribution in [0, 0.1) is 5.92 Å². The molecule has 2 aromatic rings. The average Bonchev–Trinajstić information content (AvgIpc) is 2.67. The first kappa shape index (κ1) is 9.90. The number of hydrogen-bond acceptors (Lipinski definition) is 2. The van der Waals surface area contributed by atoms with Crippen LogP contribution < -0.4 is 0 Å². The van der Waals surface area contributed by atoms with E-state index in [4.69, 9.17) is 0 Å². The maximum absolute atomic E-state index is 4.29. The van der Waals surface area contributed by atoms with Crippen molar-refractivity contribution >= 4 is 0 Å². The van der Waals surface area contributed by atoms with Crippen LogP contribution in [-0.4, -0.2) is 14.8 Å². The first-order chi connectivity index (χ1) is 7.25. The summed E-state index contributed by atoms with van der Waals surface area (Å²) < 4.78 is 1.82. The van der Waals surface area contributed by atoms with Crippen molar-refractivity contribution < 1.29 is 0 Å². The highest BCUT2D eigenvalue weighted by Crippen LogP contribution is 2.09. The van der Waals surface area contributed by atoms with Crippen LogP contribution in [0.2, 0.25) is 0 Å². The number of pyridine rings is 1. The predicted molar refractivity (Wildman–Crippen MR) is 59.9 cm³/mol. The molecule has 2 aromatic heterocycles. The summed E-state index contributed by atoms with van der Waals surface area (Å²) in [5, 5.41) is 4.29. The highest BCUT2D eigenvalue weighted by atomic mass is 15.3. The summed E-state index contributed by atoms with van der Waals surface area (Å²) in [6, 6.07) is 5.82. The van der Waals surface area contributed by atoms with E-state index in [1.807, 2.05) is 35.3 Å². The van der Waals surface area contributed by atoms with E-state index in [9.17, 15) is 0 Å². The van der Waals surface area contributed by atoms with E-state index < -0.39 is 0 Å². The van der Waals surface area contributed by atoms with Gasteiger partial charge in [0.05, 0.1) is 6.20 Å². The fraction of sp³-hybridized carbons (Fsp3) is 0.333. The molecule has 0 aliphatic heterocycles. The lowest BCUT2D eigenvalue weighted by Gasteiger charge is -2.00. The monoisotopic (exact) mass is 201 g/mol. The van der Waals surface area contributed by atoms with Crippen molar-refractivity contribution in [1.29, 1.82) is 0 Å². The fourth-order valence-electron chi connectivity index (χ4n) is 1.55. The average molecular weight is 201 g/mol. The Bertz CT molecular complexity index is 417. The third-order valence-corrected chi connectivity index (χ3v) is 2.16. The van der Waals surface area contributed by atoms with E-state index in [1.54, 1.807) is 6.20 Å².